The normalized spacial score (nSPS) is 22.3. The van der Waals surface area contributed by atoms with Crippen molar-refractivity contribution in [1.82, 2.24) is 5.43 Å². The van der Waals surface area contributed by atoms with Crippen LogP contribution in [0.5, 0.6) is 0 Å². The summed E-state index contributed by atoms with van der Waals surface area (Å²) in [5, 5.41) is 0. The second-order valence-electron chi connectivity index (χ2n) is 4.22. The number of halogens is 1. The van der Waals surface area contributed by atoms with Crippen LogP contribution in [0.4, 0.5) is 0 Å². The maximum atomic E-state index is 5.68. The van der Waals surface area contributed by atoms with E-state index in [1.807, 2.05) is 6.07 Å². The van der Waals surface area contributed by atoms with Gasteiger partial charge in [0.05, 0.1) is 12.6 Å². The number of nitrogens with two attached hydrogens (primary N) is 1. The average Bonchev–Trinajstić information content (AvgIpc) is 2.79. The summed E-state index contributed by atoms with van der Waals surface area (Å²) in [6, 6.07) is 6.41. The van der Waals surface area contributed by atoms with Crippen LogP contribution >= 0.6 is 15.9 Å². The molecule has 1 aliphatic rings. The Labute approximate surface area is 104 Å². The van der Waals surface area contributed by atoms with Gasteiger partial charge in [0.1, 0.15) is 0 Å². The van der Waals surface area contributed by atoms with Gasteiger partial charge in [0.25, 0.3) is 0 Å². The van der Waals surface area contributed by atoms with Crippen LogP contribution in [0.15, 0.2) is 22.7 Å². The van der Waals surface area contributed by atoms with Gasteiger partial charge in [-0.25, -0.2) is 0 Å². The SMILES string of the molecule is Cc1c(Br)cccc1C(NN)C1CCOC1. The zero-order valence-electron chi connectivity index (χ0n) is 9.37. The number of rotatable bonds is 3. The van der Waals surface area contributed by atoms with Crippen molar-refractivity contribution in [3.8, 4) is 0 Å². The van der Waals surface area contributed by atoms with Crippen LogP contribution in [0.2, 0.25) is 0 Å². The monoisotopic (exact) mass is 284 g/mol. The van der Waals surface area contributed by atoms with Crippen LogP contribution < -0.4 is 11.3 Å². The zero-order valence-corrected chi connectivity index (χ0v) is 11.0. The first kappa shape index (κ1) is 12.0. The van der Waals surface area contributed by atoms with Gasteiger partial charge in [-0.15, -0.1) is 0 Å². The Morgan fingerprint density at radius 3 is 3.00 bits per heavy atom. The van der Waals surface area contributed by atoms with E-state index < -0.39 is 0 Å². The molecule has 1 aliphatic heterocycles. The molecule has 1 aromatic carbocycles. The first-order valence-electron chi connectivity index (χ1n) is 5.53. The number of ether oxygens (including phenoxy) is 1. The fraction of sp³-hybridized carbons (Fsp3) is 0.500. The van der Waals surface area contributed by atoms with E-state index in [0.29, 0.717) is 5.92 Å². The summed E-state index contributed by atoms with van der Waals surface area (Å²) in [4.78, 5) is 0. The highest BCUT2D eigenvalue weighted by Crippen LogP contribution is 2.32. The van der Waals surface area contributed by atoms with Crippen LogP contribution in [0.25, 0.3) is 0 Å². The molecule has 2 atom stereocenters. The molecule has 4 heteroatoms. The summed E-state index contributed by atoms with van der Waals surface area (Å²) in [5.74, 6) is 6.15. The molecule has 2 rings (SSSR count). The third kappa shape index (κ3) is 2.30. The summed E-state index contributed by atoms with van der Waals surface area (Å²) >= 11 is 3.55. The Kier molecular flexibility index (Phi) is 3.97. The van der Waals surface area contributed by atoms with Crippen molar-refractivity contribution in [3.05, 3.63) is 33.8 Å². The Morgan fingerprint density at radius 2 is 2.38 bits per heavy atom. The third-order valence-electron chi connectivity index (χ3n) is 3.26. The van der Waals surface area contributed by atoms with Crippen molar-refractivity contribution in [2.75, 3.05) is 13.2 Å². The summed E-state index contributed by atoms with van der Waals surface area (Å²) in [5.41, 5.74) is 5.43. The number of hydrogen-bond donors (Lipinski definition) is 2. The molecule has 0 aromatic heterocycles. The molecule has 0 amide bonds. The number of hydrogen-bond acceptors (Lipinski definition) is 3. The molecule has 2 unspecified atom stereocenters. The average molecular weight is 285 g/mol. The first-order valence-corrected chi connectivity index (χ1v) is 6.32. The molecule has 3 nitrogen and oxygen atoms in total. The molecule has 0 radical (unpaired) electrons. The van der Waals surface area contributed by atoms with E-state index in [0.717, 1.165) is 24.1 Å². The van der Waals surface area contributed by atoms with Crippen LogP contribution in [-0.2, 0) is 4.74 Å². The lowest BCUT2D eigenvalue weighted by atomic mass is 9.90. The van der Waals surface area contributed by atoms with E-state index in [1.165, 1.54) is 11.1 Å². The molecule has 1 aromatic rings. The molecule has 88 valence electrons. The molecule has 0 bridgehead atoms. The minimum Gasteiger partial charge on any atom is -0.381 e. The number of nitrogens with one attached hydrogen (secondary N) is 1. The van der Waals surface area contributed by atoms with Crippen LogP contribution in [0, 0.1) is 12.8 Å². The van der Waals surface area contributed by atoms with E-state index in [4.69, 9.17) is 10.6 Å². The Morgan fingerprint density at radius 1 is 1.56 bits per heavy atom. The van der Waals surface area contributed by atoms with Gasteiger partial charge in [-0.3, -0.25) is 11.3 Å². The summed E-state index contributed by atoms with van der Waals surface area (Å²) in [6.45, 7) is 3.75. The van der Waals surface area contributed by atoms with Gasteiger partial charge in [0.2, 0.25) is 0 Å². The second-order valence-corrected chi connectivity index (χ2v) is 5.08. The molecular weight excluding hydrogens is 268 g/mol. The predicted molar refractivity (Wildman–Crippen MR) is 67.9 cm³/mol. The number of hydrazine groups is 1. The van der Waals surface area contributed by atoms with E-state index in [1.54, 1.807) is 0 Å². The fourth-order valence-corrected chi connectivity index (χ4v) is 2.64. The lowest BCUT2D eigenvalue weighted by molar-refractivity contribution is 0.176. The van der Waals surface area contributed by atoms with Crippen molar-refractivity contribution in [1.29, 1.82) is 0 Å². The van der Waals surface area contributed by atoms with E-state index in [2.05, 4.69) is 40.4 Å². The molecule has 0 spiro atoms. The minimum atomic E-state index is 0.181. The van der Waals surface area contributed by atoms with Gasteiger partial charge in [-0.2, -0.15) is 0 Å². The zero-order chi connectivity index (χ0) is 11.5. The molecule has 0 aliphatic carbocycles. The van der Waals surface area contributed by atoms with Crippen molar-refractivity contribution in [3.63, 3.8) is 0 Å². The topological polar surface area (TPSA) is 47.3 Å². The molecule has 1 heterocycles. The Hall–Kier alpha value is -0.420. The van der Waals surface area contributed by atoms with E-state index in [-0.39, 0.29) is 6.04 Å². The standard InChI is InChI=1S/C12H17BrN2O/c1-8-10(3-2-4-11(8)13)12(15-14)9-5-6-16-7-9/h2-4,9,12,15H,5-7,14H2,1H3. The molecule has 16 heavy (non-hydrogen) atoms. The molecule has 1 fully saturated rings. The van der Waals surface area contributed by atoms with Gasteiger partial charge in [0, 0.05) is 17.0 Å². The van der Waals surface area contributed by atoms with Crippen LogP contribution in [0.3, 0.4) is 0 Å². The van der Waals surface area contributed by atoms with Crippen LogP contribution in [0.1, 0.15) is 23.6 Å². The highest BCUT2D eigenvalue weighted by Gasteiger charge is 2.27. The van der Waals surface area contributed by atoms with Gasteiger partial charge < -0.3 is 4.74 Å². The van der Waals surface area contributed by atoms with E-state index in [9.17, 15) is 0 Å². The lowest BCUT2D eigenvalue weighted by Crippen LogP contribution is -2.34. The van der Waals surface area contributed by atoms with Crippen molar-refractivity contribution >= 4 is 15.9 Å². The van der Waals surface area contributed by atoms with Crippen molar-refractivity contribution in [2.45, 2.75) is 19.4 Å². The minimum absolute atomic E-state index is 0.181. The van der Waals surface area contributed by atoms with Crippen LogP contribution in [-0.4, -0.2) is 13.2 Å². The lowest BCUT2D eigenvalue weighted by Gasteiger charge is -2.24. The molecular formula is C12H17BrN2O. The summed E-state index contributed by atoms with van der Waals surface area (Å²) in [7, 11) is 0. The maximum Gasteiger partial charge on any atom is 0.0513 e. The largest absolute Gasteiger partial charge is 0.381 e. The highest BCUT2D eigenvalue weighted by molar-refractivity contribution is 9.10. The summed E-state index contributed by atoms with van der Waals surface area (Å²) in [6.07, 6.45) is 1.07. The second kappa shape index (κ2) is 5.27. The first-order chi connectivity index (χ1) is 7.74. The van der Waals surface area contributed by atoms with Crippen molar-refractivity contribution < 1.29 is 4.74 Å². The molecule has 3 N–H and O–H groups in total. The Bertz CT molecular complexity index is 364. The molecule has 1 saturated heterocycles. The third-order valence-corrected chi connectivity index (χ3v) is 4.12. The van der Waals surface area contributed by atoms with Gasteiger partial charge in [-0.05, 0) is 30.5 Å². The fourth-order valence-electron chi connectivity index (χ4n) is 2.26. The van der Waals surface area contributed by atoms with Gasteiger partial charge >= 0.3 is 0 Å². The smallest absolute Gasteiger partial charge is 0.0513 e. The number of benzene rings is 1. The van der Waals surface area contributed by atoms with Crippen molar-refractivity contribution in [2.24, 2.45) is 11.8 Å². The predicted octanol–water partition coefficient (Wildman–Crippen LogP) is 2.30. The summed E-state index contributed by atoms with van der Waals surface area (Å²) < 4.78 is 6.55. The van der Waals surface area contributed by atoms with Gasteiger partial charge in [-0.1, -0.05) is 28.1 Å². The highest BCUT2D eigenvalue weighted by atomic mass is 79.9. The molecule has 0 saturated carbocycles. The maximum absolute atomic E-state index is 5.68. The van der Waals surface area contributed by atoms with E-state index >= 15 is 0 Å². The Balaban J connectivity index is 2.28. The van der Waals surface area contributed by atoms with Gasteiger partial charge in [0.15, 0.2) is 0 Å². The quantitative estimate of drug-likeness (QED) is 0.661.